The monoisotopic (exact) mass is 301 g/mol. The Hall–Kier alpha value is -2.11. The first-order valence-electron chi connectivity index (χ1n) is 7.92. The van der Waals surface area contributed by atoms with E-state index in [1.807, 2.05) is 43.1 Å². The average Bonchev–Trinajstić information content (AvgIpc) is 3.17. The van der Waals surface area contributed by atoms with Gasteiger partial charge < -0.3 is 9.47 Å². The van der Waals surface area contributed by atoms with E-state index in [4.69, 9.17) is 0 Å². The lowest BCUT2D eigenvalue weighted by Gasteiger charge is -2.32. The molecule has 6 nitrogen and oxygen atoms in total. The molecule has 6 heteroatoms. The number of hydrogen-bond donors (Lipinski definition) is 0. The maximum absolute atomic E-state index is 12.3. The normalized spacial score (nSPS) is 16.1. The highest BCUT2D eigenvalue weighted by Gasteiger charge is 2.22. The van der Waals surface area contributed by atoms with Crippen molar-refractivity contribution in [3.63, 3.8) is 0 Å². The summed E-state index contributed by atoms with van der Waals surface area (Å²) in [5.41, 5.74) is 1.13. The second kappa shape index (κ2) is 6.77. The largest absolute Gasteiger partial charge is 0.343 e. The number of rotatable bonds is 5. The fraction of sp³-hybridized carbons (Fsp3) is 0.562. The molecule has 0 bridgehead atoms. The lowest BCUT2D eigenvalue weighted by molar-refractivity contribution is -0.132. The molecule has 0 atom stereocenters. The molecule has 3 heterocycles. The number of piperidine rings is 1. The predicted octanol–water partition coefficient (Wildman–Crippen LogP) is 1.49. The molecule has 0 aromatic carbocycles. The summed E-state index contributed by atoms with van der Waals surface area (Å²) in [7, 11) is 1.90. The highest BCUT2D eigenvalue weighted by molar-refractivity contribution is 5.76. The van der Waals surface area contributed by atoms with E-state index >= 15 is 0 Å². The van der Waals surface area contributed by atoms with Gasteiger partial charge in [-0.1, -0.05) is 0 Å². The van der Waals surface area contributed by atoms with Crippen molar-refractivity contribution >= 4 is 5.91 Å². The summed E-state index contributed by atoms with van der Waals surface area (Å²) in [5.74, 6) is 0.918. The van der Waals surface area contributed by atoms with Crippen LogP contribution < -0.4 is 0 Å². The quantitative estimate of drug-likeness (QED) is 0.841. The number of likely N-dealkylation sites (tertiary alicyclic amines) is 1. The van der Waals surface area contributed by atoms with Crippen LogP contribution in [0.25, 0.3) is 0 Å². The number of hydrogen-bond acceptors (Lipinski definition) is 3. The van der Waals surface area contributed by atoms with Crippen LogP contribution in [-0.4, -0.2) is 43.2 Å². The van der Waals surface area contributed by atoms with E-state index in [9.17, 15) is 4.79 Å². The second-order valence-electron chi connectivity index (χ2n) is 6.11. The Morgan fingerprint density at radius 2 is 2.18 bits per heavy atom. The Labute approximate surface area is 130 Å². The third-order valence-corrected chi connectivity index (χ3v) is 4.38. The molecule has 0 aliphatic carbocycles. The van der Waals surface area contributed by atoms with Crippen LogP contribution in [0, 0.1) is 5.92 Å². The van der Waals surface area contributed by atoms with E-state index in [1.54, 1.807) is 4.68 Å². The third-order valence-electron chi connectivity index (χ3n) is 4.38. The molecule has 1 fully saturated rings. The van der Waals surface area contributed by atoms with Crippen molar-refractivity contribution < 1.29 is 4.79 Å². The van der Waals surface area contributed by atoms with Gasteiger partial charge >= 0.3 is 0 Å². The molecule has 1 aliphatic rings. The summed E-state index contributed by atoms with van der Waals surface area (Å²) in [5, 5.41) is 4.14. The molecule has 1 saturated heterocycles. The van der Waals surface area contributed by atoms with E-state index in [0.717, 1.165) is 44.5 Å². The topological polar surface area (TPSA) is 56.0 Å². The first kappa shape index (κ1) is 14.8. The summed E-state index contributed by atoms with van der Waals surface area (Å²) in [4.78, 5) is 18.4. The molecule has 22 heavy (non-hydrogen) atoms. The standard InChI is InChI=1S/C16H23N5O/c1-19-11-15(10-18-19)2-3-16(22)21-7-4-14(5-8-21)12-20-9-6-17-13-20/h6,9-11,13-14H,2-5,7-8,12H2,1H3. The molecule has 2 aromatic heterocycles. The van der Waals surface area contributed by atoms with Crippen LogP contribution in [0.5, 0.6) is 0 Å². The zero-order valence-electron chi connectivity index (χ0n) is 13.1. The molecule has 0 saturated carbocycles. The minimum atomic E-state index is 0.268. The Bertz CT molecular complexity index is 596. The van der Waals surface area contributed by atoms with Gasteiger partial charge in [0.1, 0.15) is 0 Å². The van der Waals surface area contributed by atoms with Gasteiger partial charge in [0.05, 0.1) is 12.5 Å². The fourth-order valence-electron chi connectivity index (χ4n) is 3.07. The van der Waals surface area contributed by atoms with Gasteiger partial charge in [0.2, 0.25) is 5.91 Å². The first-order valence-corrected chi connectivity index (χ1v) is 7.92. The lowest BCUT2D eigenvalue weighted by atomic mass is 9.96. The number of carbonyl (C=O) groups is 1. The highest BCUT2D eigenvalue weighted by atomic mass is 16.2. The van der Waals surface area contributed by atoms with E-state index in [1.165, 1.54) is 0 Å². The predicted molar refractivity (Wildman–Crippen MR) is 83.1 cm³/mol. The number of amides is 1. The number of aromatic nitrogens is 4. The molecule has 3 rings (SSSR count). The van der Waals surface area contributed by atoms with Crippen LogP contribution in [0.3, 0.4) is 0 Å². The van der Waals surface area contributed by atoms with E-state index in [0.29, 0.717) is 12.3 Å². The first-order chi connectivity index (χ1) is 10.7. The number of imidazole rings is 1. The van der Waals surface area contributed by atoms with Crippen molar-refractivity contribution in [3.8, 4) is 0 Å². The molecule has 1 amide bonds. The van der Waals surface area contributed by atoms with Gasteiger partial charge in [0.15, 0.2) is 0 Å². The number of nitrogens with zero attached hydrogens (tertiary/aromatic N) is 5. The highest BCUT2D eigenvalue weighted by Crippen LogP contribution is 2.20. The van der Waals surface area contributed by atoms with Crippen molar-refractivity contribution in [2.24, 2.45) is 13.0 Å². The molecule has 118 valence electrons. The number of carbonyl (C=O) groups excluding carboxylic acids is 1. The zero-order chi connectivity index (χ0) is 15.4. The van der Waals surface area contributed by atoms with Gasteiger partial charge in [0, 0.05) is 51.7 Å². The fourth-order valence-corrected chi connectivity index (χ4v) is 3.07. The minimum absolute atomic E-state index is 0.268. The van der Waals surface area contributed by atoms with E-state index < -0.39 is 0 Å². The summed E-state index contributed by atoms with van der Waals surface area (Å²) in [6.45, 7) is 2.77. The minimum Gasteiger partial charge on any atom is -0.343 e. The molecule has 0 spiro atoms. The van der Waals surface area contributed by atoms with Crippen LogP contribution in [0.4, 0.5) is 0 Å². The third kappa shape index (κ3) is 3.75. The summed E-state index contributed by atoms with van der Waals surface area (Å²) < 4.78 is 3.91. The Balaban J connectivity index is 1.41. The van der Waals surface area contributed by atoms with Gasteiger partial charge in [-0.15, -0.1) is 0 Å². The molecule has 2 aromatic rings. The molecular formula is C16H23N5O. The van der Waals surface area contributed by atoms with E-state index in [-0.39, 0.29) is 5.91 Å². The molecular weight excluding hydrogens is 278 g/mol. The average molecular weight is 301 g/mol. The summed E-state index contributed by atoms with van der Waals surface area (Å²) in [6.07, 6.45) is 13.0. The Morgan fingerprint density at radius 3 is 2.82 bits per heavy atom. The second-order valence-corrected chi connectivity index (χ2v) is 6.11. The molecule has 0 radical (unpaired) electrons. The van der Waals surface area contributed by atoms with Gasteiger partial charge in [0.25, 0.3) is 0 Å². The SMILES string of the molecule is Cn1cc(CCC(=O)N2CCC(Cn3ccnc3)CC2)cn1. The maximum Gasteiger partial charge on any atom is 0.222 e. The molecule has 0 unspecified atom stereocenters. The van der Waals surface area contributed by atoms with Crippen LogP contribution in [0.15, 0.2) is 31.1 Å². The van der Waals surface area contributed by atoms with Crippen LogP contribution >= 0.6 is 0 Å². The summed E-state index contributed by atoms with van der Waals surface area (Å²) in [6, 6.07) is 0. The van der Waals surface area contributed by atoms with Crippen LogP contribution in [0.2, 0.25) is 0 Å². The maximum atomic E-state index is 12.3. The van der Waals surface area contributed by atoms with Crippen molar-refractivity contribution in [1.29, 1.82) is 0 Å². The van der Waals surface area contributed by atoms with Crippen molar-refractivity contribution in [2.45, 2.75) is 32.2 Å². The van der Waals surface area contributed by atoms with Crippen LogP contribution in [0.1, 0.15) is 24.8 Å². The van der Waals surface area contributed by atoms with E-state index in [2.05, 4.69) is 14.6 Å². The Kier molecular flexibility index (Phi) is 4.56. The van der Waals surface area contributed by atoms with Crippen molar-refractivity contribution in [2.75, 3.05) is 13.1 Å². The van der Waals surface area contributed by atoms with Gasteiger partial charge in [-0.05, 0) is 30.7 Å². The van der Waals surface area contributed by atoms with Crippen molar-refractivity contribution in [1.82, 2.24) is 24.2 Å². The zero-order valence-corrected chi connectivity index (χ0v) is 13.1. The Morgan fingerprint density at radius 1 is 1.36 bits per heavy atom. The molecule has 0 N–H and O–H groups in total. The number of aryl methyl sites for hydroxylation is 2. The summed E-state index contributed by atoms with van der Waals surface area (Å²) >= 11 is 0. The van der Waals surface area contributed by atoms with Crippen LogP contribution in [-0.2, 0) is 24.8 Å². The van der Waals surface area contributed by atoms with Gasteiger partial charge in [-0.25, -0.2) is 4.98 Å². The smallest absolute Gasteiger partial charge is 0.222 e. The van der Waals surface area contributed by atoms with Crippen molar-refractivity contribution in [3.05, 3.63) is 36.7 Å². The van der Waals surface area contributed by atoms with Gasteiger partial charge in [-0.3, -0.25) is 9.48 Å². The lowest BCUT2D eigenvalue weighted by Crippen LogP contribution is -2.39. The van der Waals surface area contributed by atoms with Gasteiger partial charge in [-0.2, -0.15) is 5.10 Å². The molecule has 1 aliphatic heterocycles.